The topological polar surface area (TPSA) is 23.5 Å². The van der Waals surface area contributed by atoms with Crippen molar-refractivity contribution in [2.75, 3.05) is 18.0 Å². The van der Waals surface area contributed by atoms with Crippen LogP contribution in [-0.2, 0) is 0 Å². The molecule has 86 valence electrons. The summed E-state index contributed by atoms with van der Waals surface area (Å²) in [5.74, 6) is 0. The van der Waals surface area contributed by atoms with E-state index in [9.17, 15) is 5.11 Å². The van der Waals surface area contributed by atoms with Crippen LogP contribution in [0, 0.1) is 0 Å². The average Bonchev–Trinajstić information content (AvgIpc) is 2.29. The Kier molecular flexibility index (Phi) is 4.80. The normalized spacial score (nSPS) is 11.9. The van der Waals surface area contributed by atoms with Gasteiger partial charge in [0, 0.05) is 24.3 Å². The van der Waals surface area contributed by atoms with E-state index < -0.39 is 6.10 Å². The highest BCUT2D eigenvalue weighted by molar-refractivity contribution is 5.55. The van der Waals surface area contributed by atoms with E-state index in [2.05, 4.69) is 18.1 Å². The number of aliphatic hydroxyl groups excluding tert-OH is 1. The predicted octanol–water partition coefficient (Wildman–Crippen LogP) is 2.92. The highest BCUT2D eigenvalue weighted by Gasteiger charge is 2.11. The van der Waals surface area contributed by atoms with E-state index in [1.807, 2.05) is 36.4 Å². The molecule has 16 heavy (non-hydrogen) atoms. The first-order valence-corrected chi connectivity index (χ1v) is 5.44. The number of anilines is 1. The lowest BCUT2D eigenvalue weighted by molar-refractivity contribution is 0.199. The Balaban J connectivity index is 3.06. The molecule has 1 atom stereocenters. The summed E-state index contributed by atoms with van der Waals surface area (Å²) in [7, 11) is 0. The second-order valence-electron chi connectivity index (χ2n) is 3.72. The Morgan fingerprint density at radius 2 is 1.81 bits per heavy atom. The molecule has 0 heterocycles. The van der Waals surface area contributed by atoms with Crippen molar-refractivity contribution in [3.05, 3.63) is 55.1 Å². The Morgan fingerprint density at radius 1 is 1.25 bits per heavy atom. The molecule has 1 aromatic rings. The van der Waals surface area contributed by atoms with Crippen molar-refractivity contribution < 1.29 is 5.11 Å². The SMILES string of the molecule is C=CCN(CC=C)c1ccccc1[C@@H](C)O. The van der Waals surface area contributed by atoms with Crippen LogP contribution in [0.3, 0.4) is 0 Å². The maximum atomic E-state index is 9.71. The van der Waals surface area contributed by atoms with Gasteiger partial charge < -0.3 is 10.0 Å². The van der Waals surface area contributed by atoms with Crippen molar-refractivity contribution in [3.63, 3.8) is 0 Å². The van der Waals surface area contributed by atoms with Crippen LogP contribution < -0.4 is 4.90 Å². The maximum Gasteiger partial charge on any atom is 0.0781 e. The van der Waals surface area contributed by atoms with E-state index in [0.717, 1.165) is 24.3 Å². The second-order valence-corrected chi connectivity index (χ2v) is 3.72. The summed E-state index contributed by atoms with van der Waals surface area (Å²) in [6, 6.07) is 7.86. The summed E-state index contributed by atoms with van der Waals surface area (Å²) >= 11 is 0. The van der Waals surface area contributed by atoms with Crippen molar-refractivity contribution >= 4 is 5.69 Å². The highest BCUT2D eigenvalue weighted by Crippen LogP contribution is 2.25. The summed E-state index contributed by atoms with van der Waals surface area (Å²) in [6.07, 6.45) is 3.23. The number of para-hydroxylation sites is 1. The lowest BCUT2D eigenvalue weighted by Gasteiger charge is -2.25. The first-order valence-electron chi connectivity index (χ1n) is 5.44. The molecule has 0 amide bonds. The van der Waals surface area contributed by atoms with E-state index >= 15 is 0 Å². The molecule has 0 radical (unpaired) electrons. The van der Waals surface area contributed by atoms with Gasteiger partial charge in [0.15, 0.2) is 0 Å². The summed E-state index contributed by atoms with van der Waals surface area (Å²) in [4.78, 5) is 2.13. The Morgan fingerprint density at radius 3 is 2.31 bits per heavy atom. The number of rotatable bonds is 6. The molecule has 1 N–H and O–H groups in total. The van der Waals surface area contributed by atoms with Crippen LogP contribution >= 0.6 is 0 Å². The minimum absolute atomic E-state index is 0.465. The van der Waals surface area contributed by atoms with Crippen molar-refractivity contribution in [1.82, 2.24) is 0 Å². The van der Waals surface area contributed by atoms with Crippen molar-refractivity contribution in [2.24, 2.45) is 0 Å². The molecule has 0 fully saturated rings. The Labute approximate surface area is 97.5 Å². The summed E-state index contributed by atoms with van der Waals surface area (Å²) < 4.78 is 0. The summed E-state index contributed by atoms with van der Waals surface area (Å²) in [5, 5.41) is 9.71. The van der Waals surface area contributed by atoms with Gasteiger partial charge in [-0.05, 0) is 13.0 Å². The predicted molar refractivity (Wildman–Crippen MR) is 69.7 cm³/mol. The molecule has 0 aliphatic heterocycles. The van der Waals surface area contributed by atoms with Crippen molar-refractivity contribution in [2.45, 2.75) is 13.0 Å². The smallest absolute Gasteiger partial charge is 0.0781 e. The molecular formula is C14H19NO. The molecule has 0 spiro atoms. The third-order valence-corrected chi connectivity index (χ3v) is 2.43. The van der Waals surface area contributed by atoms with Crippen LogP contribution in [0.1, 0.15) is 18.6 Å². The average molecular weight is 217 g/mol. The van der Waals surface area contributed by atoms with Crippen molar-refractivity contribution in [1.29, 1.82) is 0 Å². The first-order chi connectivity index (χ1) is 7.70. The molecule has 0 aliphatic rings. The summed E-state index contributed by atoms with van der Waals surface area (Å²) in [5.41, 5.74) is 1.98. The van der Waals surface area contributed by atoms with Gasteiger partial charge in [-0.2, -0.15) is 0 Å². The second kappa shape index (κ2) is 6.13. The number of nitrogens with zero attached hydrogens (tertiary/aromatic N) is 1. The maximum absolute atomic E-state index is 9.71. The quantitative estimate of drug-likeness (QED) is 0.741. The van der Waals surface area contributed by atoms with E-state index in [1.54, 1.807) is 6.92 Å². The fraction of sp³-hybridized carbons (Fsp3) is 0.286. The minimum Gasteiger partial charge on any atom is -0.389 e. The monoisotopic (exact) mass is 217 g/mol. The zero-order chi connectivity index (χ0) is 12.0. The van der Waals surface area contributed by atoms with Crippen LogP contribution in [0.2, 0.25) is 0 Å². The van der Waals surface area contributed by atoms with Gasteiger partial charge in [-0.1, -0.05) is 30.4 Å². The molecule has 0 aromatic heterocycles. The zero-order valence-electron chi connectivity index (χ0n) is 9.76. The van der Waals surface area contributed by atoms with Crippen LogP contribution in [0.25, 0.3) is 0 Å². The number of benzene rings is 1. The minimum atomic E-state index is -0.465. The Hall–Kier alpha value is -1.54. The molecule has 1 rings (SSSR count). The molecule has 1 aromatic carbocycles. The first kappa shape index (κ1) is 12.5. The lowest BCUT2D eigenvalue weighted by Crippen LogP contribution is -2.24. The summed E-state index contributed by atoms with van der Waals surface area (Å²) in [6.45, 7) is 10.8. The van der Waals surface area contributed by atoms with E-state index in [4.69, 9.17) is 0 Å². The third-order valence-electron chi connectivity index (χ3n) is 2.43. The van der Waals surface area contributed by atoms with E-state index in [1.165, 1.54) is 0 Å². The Bertz CT molecular complexity index is 348. The molecule has 0 bridgehead atoms. The molecule has 2 nitrogen and oxygen atoms in total. The van der Waals surface area contributed by atoms with Gasteiger partial charge in [-0.3, -0.25) is 0 Å². The standard InChI is InChI=1S/C14H19NO/c1-4-10-15(11-5-2)14-9-7-6-8-13(14)12(3)16/h4-9,12,16H,1-2,10-11H2,3H3/t12-/m1/s1. The van der Waals surface area contributed by atoms with Crippen LogP contribution in [0.4, 0.5) is 5.69 Å². The van der Waals surface area contributed by atoms with E-state index in [0.29, 0.717) is 0 Å². The fourth-order valence-electron chi connectivity index (χ4n) is 1.71. The van der Waals surface area contributed by atoms with Gasteiger partial charge in [0.25, 0.3) is 0 Å². The molecule has 0 aliphatic carbocycles. The number of hydrogen-bond acceptors (Lipinski definition) is 2. The van der Waals surface area contributed by atoms with E-state index in [-0.39, 0.29) is 0 Å². The molecular weight excluding hydrogens is 198 g/mol. The largest absolute Gasteiger partial charge is 0.389 e. The van der Waals surface area contributed by atoms with Crippen LogP contribution in [0.15, 0.2) is 49.6 Å². The van der Waals surface area contributed by atoms with Gasteiger partial charge in [0.05, 0.1) is 6.10 Å². The fourth-order valence-corrected chi connectivity index (χ4v) is 1.71. The molecule has 0 unspecified atom stereocenters. The molecule has 2 heteroatoms. The number of aliphatic hydroxyl groups is 1. The highest BCUT2D eigenvalue weighted by atomic mass is 16.3. The van der Waals surface area contributed by atoms with Gasteiger partial charge in [0.2, 0.25) is 0 Å². The van der Waals surface area contributed by atoms with Gasteiger partial charge in [-0.15, -0.1) is 13.2 Å². The van der Waals surface area contributed by atoms with Gasteiger partial charge in [0.1, 0.15) is 0 Å². The van der Waals surface area contributed by atoms with Crippen molar-refractivity contribution in [3.8, 4) is 0 Å². The number of hydrogen-bond donors (Lipinski definition) is 1. The molecule has 0 saturated carbocycles. The van der Waals surface area contributed by atoms with Crippen LogP contribution in [0.5, 0.6) is 0 Å². The van der Waals surface area contributed by atoms with Crippen LogP contribution in [-0.4, -0.2) is 18.2 Å². The molecule has 0 saturated heterocycles. The van der Waals surface area contributed by atoms with Gasteiger partial charge in [-0.25, -0.2) is 0 Å². The van der Waals surface area contributed by atoms with Gasteiger partial charge >= 0.3 is 0 Å². The zero-order valence-corrected chi connectivity index (χ0v) is 9.76. The third kappa shape index (κ3) is 2.97. The lowest BCUT2D eigenvalue weighted by atomic mass is 10.1.